The van der Waals surface area contributed by atoms with Crippen molar-refractivity contribution in [2.24, 2.45) is 0 Å². The summed E-state index contributed by atoms with van der Waals surface area (Å²) in [5, 5.41) is 0.127. The zero-order valence-corrected chi connectivity index (χ0v) is 18.4. The van der Waals surface area contributed by atoms with Crippen molar-refractivity contribution in [2.75, 3.05) is 45.9 Å². The second-order valence-corrected chi connectivity index (χ2v) is 8.18. The van der Waals surface area contributed by atoms with Crippen LogP contribution in [0.2, 0.25) is 5.02 Å². The highest BCUT2D eigenvalue weighted by Gasteiger charge is 2.29. The van der Waals surface area contributed by atoms with E-state index in [9.17, 15) is 14.4 Å². The van der Waals surface area contributed by atoms with E-state index in [-0.39, 0.29) is 34.7 Å². The van der Waals surface area contributed by atoms with E-state index in [2.05, 4.69) is 16.8 Å². The molecule has 30 heavy (non-hydrogen) atoms. The van der Waals surface area contributed by atoms with Crippen molar-refractivity contribution in [3.63, 3.8) is 0 Å². The smallest absolute Gasteiger partial charge is 0.339 e. The number of likely N-dealkylation sites (tertiary alicyclic amines) is 1. The first-order valence-electron chi connectivity index (χ1n) is 10.5. The molecule has 2 saturated heterocycles. The lowest BCUT2D eigenvalue weighted by atomic mass is 10.0. The Labute approximate surface area is 182 Å². The van der Waals surface area contributed by atoms with Crippen LogP contribution in [0.3, 0.4) is 0 Å². The topological polar surface area (TPSA) is 83.0 Å². The predicted molar refractivity (Wildman–Crippen MR) is 113 cm³/mol. The van der Waals surface area contributed by atoms with Gasteiger partial charge in [-0.1, -0.05) is 11.6 Å². The Balaban J connectivity index is 1.54. The van der Waals surface area contributed by atoms with Gasteiger partial charge >= 0.3 is 5.97 Å². The highest BCUT2D eigenvalue weighted by molar-refractivity contribution is 6.33. The van der Waals surface area contributed by atoms with Gasteiger partial charge in [-0.2, -0.15) is 0 Å². The third kappa shape index (κ3) is 5.29. The van der Waals surface area contributed by atoms with E-state index in [1.54, 1.807) is 11.8 Å². The van der Waals surface area contributed by atoms with Gasteiger partial charge in [-0.05, 0) is 39.2 Å². The predicted octanol–water partition coefficient (Wildman–Crippen LogP) is 2.07. The first-order valence-corrected chi connectivity index (χ1v) is 10.9. The van der Waals surface area contributed by atoms with Gasteiger partial charge in [-0.15, -0.1) is 0 Å². The van der Waals surface area contributed by atoms with Crippen LogP contribution in [0, 0.1) is 0 Å². The molecular formula is C21H29ClN4O4. The molecule has 3 rings (SSSR count). The first-order chi connectivity index (χ1) is 14.4. The van der Waals surface area contributed by atoms with Crippen LogP contribution in [0.4, 0.5) is 0 Å². The standard InChI is InChI=1S/C21H29ClN4O4/c1-3-30-21(29)16-12-17(22)19(23-13-16)20(28)25-10-8-24(9-11-25)14-18(27)26-7-5-4-6-15(26)2/h12-13,15H,3-11,14H2,1-2H3. The molecule has 1 aromatic rings. The van der Waals surface area contributed by atoms with Crippen LogP contribution >= 0.6 is 11.6 Å². The Hall–Kier alpha value is -2.19. The number of ether oxygens (including phenoxy) is 1. The Morgan fingerprint density at radius 2 is 1.90 bits per heavy atom. The average molecular weight is 437 g/mol. The van der Waals surface area contributed by atoms with E-state index >= 15 is 0 Å². The summed E-state index contributed by atoms with van der Waals surface area (Å²) in [6.45, 7) is 7.54. The number of carbonyl (C=O) groups excluding carboxylic acids is 3. The largest absolute Gasteiger partial charge is 0.462 e. The molecule has 2 aliphatic rings. The SMILES string of the molecule is CCOC(=O)c1cnc(C(=O)N2CCN(CC(=O)N3CCCCC3C)CC2)c(Cl)c1. The number of pyridine rings is 1. The summed E-state index contributed by atoms with van der Waals surface area (Å²) in [5.74, 6) is -0.625. The van der Waals surface area contributed by atoms with Crippen LogP contribution in [0.15, 0.2) is 12.3 Å². The van der Waals surface area contributed by atoms with Gasteiger partial charge in [0.1, 0.15) is 5.69 Å². The van der Waals surface area contributed by atoms with Crippen LogP contribution in [0.1, 0.15) is 54.0 Å². The number of hydrogen-bond acceptors (Lipinski definition) is 6. The Morgan fingerprint density at radius 1 is 1.17 bits per heavy atom. The minimum Gasteiger partial charge on any atom is -0.462 e. The quantitative estimate of drug-likeness (QED) is 0.657. The lowest BCUT2D eigenvalue weighted by Gasteiger charge is -2.38. The number of rotatable bonds is 5. The average Bonchev–Trinajstić information content (AvgIpc) is 2.74. The minimum absolute atomic E-state index is 0.122. The lowest BCUT2D eigenvalue weighted by Crippen LogP contribution is -2.53. The van der Waals surface area contributed by atoms with Crippen molar-refractivity contribution >= 4 is 29.4 Å². The van der Waals surface area contributed by atoms with Gasteiger partial charge in [-0.3, -0.25) is 14.5 Å². The fourth-order valence-electron chi connectivity index (χ4n) is 3.93. The zero-order valence-electron chi connectivity index (χ0n) is 17.6. The van der Waals surface area contributed by atoms with Crippen molar-refractivity contribution in [3.05, 3.63) is 28.5 Å². The molecule has 0 spiro atoms. The summed E-state index contributed by atoms with van der Waals surface area (Å²) < 4.78 is 4.92. The van der Waals surface area contributed by atoms with Gasteiger partial charge in [-0.25, -0.2) is 9.78 Å². The number of amides is 2. The second kappa shape index (κ2) is 10.2. The van der Waals surface area contributed by atoms with Crippen molar-refractivity contribution in [1.82, 2.24) is 19.7 Å². The van der Waals surface area contributed by atoms with Crippen LogP contribution in [-0.2, 0) is 9.53 Å². The van der Waals surface area contributed by atoms with Gasteiger partial charge in [0.25, 0.3) is 5.91 Å². The summed E-state index contributed by atoms with van der Waals surface area (Å²) in [5.41, 5.74) is 0.338. The van der Waals surface area contributed by atoms with Crippen molar-refractivity contribution in [3.8, 4) is 0 Å². The maximum atomic E-state index is 12.8. The molecule has 0 aliphatic carbocycles. The van der Waals surface area contributed by atoms with E-state index < -0.39 is 5.97 Å². The number of halogens is 1. The molecule has 8 nitrogen and oxygen atoms in total. The summed E-state index contributed by atoms with van der Waals surface area (Å²) in [6.07, 6.45) is 4.63. The Morgan fingerprint density at radius 3 is 2.53 bits per heavy atom. The highest BCUT2D eigenvalue weighted by Crippen LogP contribution is 2.20. The number of carbonyl (C=O) groups is 3. The fraction of sp³-hybridized carbons (Fsp3) is 0.619. The van der Waals surface area contributed by atoms with Gasteiger partial charge < -0.3 is 14.5 Å². The summed E-state index contributed by atoms with van der Waals surface area (Å²) in [7, 11) is 0. The van der Waals surface area contributed by atoms with Crippen molar-refractivity contribution in [1.29, 1.82) is 0 Å². The Kier molecular flexibility index (Phi) is 7.66. The van der Waals surface area contributed by atoms with Crippen LogP contribution in [-0.4, -0.2) is 89.4 Å². The number of piperidine rings is 1. The van der Waals surface area contributed by atoms with E-state index in [0.29, 0.717) is 38.8 Å². The molecule has 2 fully saturated rings. The highest BCUT2D eigenvalue weighted by atomic mass is 35.5. The third-order valence-electron chi connectivity index (χ3n) is 5.70. The molecular weight excluding hydrogens is 408 g/mol. The lowest BCUT2D eigenvalue weighted by molar-refractivity contribution is -0.136. The van der Waals surface area contributed by atoms with Gasteiger partial charge in [0.15, 0.2) is 0 Å². The van der Waals surface area contributed by atoms with E-state index in [1.807, 2.05) is 4.90 Å². The molecule has 0 radical (unpaired) electrons. The van der Waals surface area contributed by atoms with E-state index in [1.165, 1.54) is 18.7 Å². The molecule has 2 amide bonds. The minimum atomic E-state index is -0.521. The zero-order chi connectivity index (χ0) is 21.7. The van der Waals surface area contributed by atoms with Crippen LogP contribution in [0.25, 0.3) is 0 Å². The second-order valence-electron chi connectivity index (χ2n) is 7.78. The molecule has 1 atom stereocenters. The molecule has 0 saturated carbocycles. The summed E-state index contributed by atoms with van der Waals surface area (Å²) in [6, 6.07) is 1.72. The molecule has 0 bridgehead atoms. The monoisotopic (exact) mass is 436 g/mol. The molecule has 1 unspecified atom stereocenters. The molecule has 164 valence electrons. The number of esters is 1. The van der Waals surface area contributed by atoms with E-state index in [0.717, 1.165) is 19.4 Å². The van der Waals surface area contributed by atoms with Crippen LogP contribution < -0.4 is 0 Å². The number of aromatic nitrogens is 1. The maximum Gasteiger partial charge on any atom is 0.339 e. The van der Waals surface area contributed by atoms with Crippen LogP contribution in [0.5, 0.6) is 0 Å². The fourth-order valence-corrected chi connectivity index (χ4v) is 4.18. The number of hydrogen-bond donors (Lipinski definition) is 0. The molecule has 1 aromatic heterocycles. The Bertz CT molecular complexity index is 795. The number of nitrogens with zero attached hydrogens (tertiary/aromatic N) is 4. The van der Waals surface area contributed by atoms with Crippen molar-refractivity contribution < 1.29 is 19.1 Å². The molecule has 0 N–H and O–H groups in total. The number of piperazine rings is 1. The van der Waals surface area contributed by atoms with Crippen molar-refractivity contribution in [2.45, 2.75) is 39.2 Å². The normalized spacial score (nSPS) is 20.2. The molecule has 2 aliphatic heterocycles. The third-order valence-corrected chi connectivity index (χ3v) is 5.98. The van der Waals surface area contributed by atoms with Gasteiger partial charge in [0.05, 0.1) is 23.7 Å². The molecule has 3 heterocycles. The summed E-state index contributed by atoms with van der Waals surface area (Å²) in [4.78, 5) is 47.1. The molecule has 9 heteroatoms. The first kappa shape index (κ1) is 22.5. The van der Waals surface area contributed by atoms with E-state index in [4.69, 9.17) is 16.3 Å². The maximum absolute atomic E-state index is 12.8. The van der Waals surface area contributed by atoms with Gasteiger partial charge in [0.2, 0.25) is 5.91 Å². The van der Waals surface area contributed by atoms with Gasteiger partial charge in [0, 0.05) is 45.0 Å². The summed E-state index contributed by atoms with van der Waals surface area (Å²) >= 11 is 6.21. The molecule has 0 aromatic carbocycles.